The van der Waals surface area contributed by atoms with Crippen molar-refractivity contribution in [3.05, 3.63) is 48.0 Å². The van der Waals surface area contributed by atoms with Crippen molar-refractivity contribution >= 4 is 33.4 Å². The second-order valence-electron chi connectivity index (χ2n) is 3.09. The van der Waals surface area contributed by atoms with E-state index >= 15 is 0 Å². The van der Waals surface area contributed by atoms with Crippen LogP contribution in [-0.4, -0.2) is 11.0 Å². The molecule has 0 fully saturated rings. The topological polar surface area (TPSA) is 34.1 Å². The third-order valence-corrected chi connectivity index (χ3v) is 2.30. The highest BCUT2D eigenvalue weighted by molar-refractivity contribution is 6.83. The minimum atomic E-state index is -0.961. The number of benzene rings is 2. The van der Waals surface area contributed by atoms with E-state index in [0.29, 0.717) is 5.56 Å². The van der Waals surface area contributed by atoms with Gasteiger partial charge in [-0.25, -0.2) is 0 Å². The molecule has 15 heavy (non-hydrogen) atoms. The Labute approximate surface area is 91.5 Å². The van der Waals surface area contributed by atoms with Gasteiger partial charge in [0.2, 0.25) is 5.78 Å². The molecule has 2 aromatic rings. The van der Waals surface area contributed by atoms with Crippen LogP contribution in [0, 0.1) is 6.07 Å². The van der Waals surface area contributed by atoms with Crippen molar-refractivity contribution in [3.63, 3.8) is 0 Å². The lowest BCUT2D eigenvalue weighted by molar-refractivity contribution is -0.108. The normalized spacial score (nSPS) is 10.2. The number of hydrogen-bond acceptors (Lipinski definition) is 2. The van der Waals surface area contributed by atoms with Gasteiger partial charge in [0.15, 0.2) is 0 Å². The lowest BCUT2D eigenvalue weighted by Gasteiger charge is -1.99. The molecule has 2 nitrogen and oxygen atoms in total. The van der Waals surface area contributed by atoms with Crippen LogP contribution in [0.1, 0.15) is 10.4 Å². The average Bonchev–Trinajstić information content (AvgIpc) is 2.27. The molecule has 73 valence electrons. The average molecular weight is 218 g/mol. The molecule has 0 saturated heterocycles. The molecular formula is C12H6ClO2. The van der Waals surface area contributed by atoms with Gasteiger partial charge >= 0.3 is 0 Å². The standard InChI is InChI=1S/C12H6ClO2/c13-12(15)11(14)10-6-5-8-3-1-2-4-9(8)7-10/h2-7H. The molecule has 0 heterocycles. The highest BCUT2D eigenvalue weighted by Crippen LogP contribution is 2.16. The summed E-state index contributed by atoms with van der Waals surface area (Å²) in [5.41, 5.74) is 0.314. The monoisotopic (exact) mass is 217 g/mol. The van der Waals surface area contributed by atoms with Crippen LogP contribution in [0.25, 0.3) is 10.8 Å². The van der Waals surface area contributed by atoms with Crippen molar-refractivity contribution < 1.29 is 9.59 Å². The number of rotatable bonds is 2. The fraction of sp³-hybridized carbons (Fsp3) is 0. The van der Waals surface area contributed by atoms with E-state index < -0.39 is 11.0 Å². The van der Waals surface area contributed by atoms with Gasteiger partial charge in [0, 0.05) is 5.56 Å². The van der Waals surface area contributed by atoms with Gasteiger partial charge < -0.3 is 0 Å². The highest BCUT2D eigenvalue weighted by Gasteiger charge is 2.13. The fourth-order valence-electron chi connectivity index (χ4n) is 1.38. The van der Waals surface area contributed by atoms with Crippen LogP contribution in [0.15, 0.2) is 36.4 Å². The summed E-state index contributed by atoms with van der Waals surface area (Å²) < 4.78 is 0. The number of carbonyl (C=O) groups excluding carboxylic acids is 2. The van der Waals surface area contributed by atoms with Gasteiger partial charge in [-0.05, 0) is 40.6 Å². The molecule has 0 amide bonds. The van der Waals surface area contributed by atoms with Crippen LogP contribution in [0.2, 0.25) is 0 Å². The molecule has 0 aliphatic rings. The fourth-order valence-corrected chi connectivity index (χ4v) is 1.49. The van der Waals surface area contributed by atoms with E-state index in [4.69, 9.17) is 11.6 Å². The zero-order chi connectivity index (χ0) is 10.8. The Morgan fingerprint density at radius 3 is 2.67 bits per heavy atom. The first kappa shape index (κ1) is 9.87. The Balaban J connectivity index is 2.56. The molecule has 0 aliphatic heterocycles. The molecular weight excluding hydrogens is 212 g/mol. The van der Waals surface area contributed by atoms with Crippen LogP contribution in [-0.2, 0) is 4.79 Å². The molecule has 0 aromatic heterocycles. The summed E-state index contributed by atoms with van der Waals surface area (Å²) in [5, 5.41) is 0.894. The first-order valence-electron chi connectivity index (χ1n) is 4.32. The van der Waals surface area contributed by atoms with Crippen LogP contribution in [0.4, 0.5) is 0 Å². The van der Waals surface area contributed by atoms with Gasteiger partial charge in [0.05, 0.1) is 0 Å². The van der Waals surface area contributed by atoms with Crippen molar-refractivity contribution in [1.29, 1.82) is 0 Å². The number of Topliss-reactive ketones (excluding diaryl/α,β-unsaturated/α-hetero) is 1. The molecule has 0 atom stereocenters. The maximum atomic E-state index is 11.3. The van der Waals surface area contributed by atoms with Crippen molar-refractivity contribution in [2.24, 2.45) is 0 Å². The van der Waals surface area contributed by atoms with Gasteiger partial charge in [0.25, 0.3) is 5.24 Å². The van der Waals surface area contributed by atoms with Crippen molar-refractivity contribution in [2.45, 2.75) is 0 Å². The molecule has 0 N–H and O–H groups in total. The summed E-state index contributed by atoms with van der Waals surface area (Å²) in [6.45, 7) is 0. The lowest BCUT2D eigenvalue weighted by atomic mass is 10.1. The number of ketones is 1. The summed E-state index contributed by atoms with van der Waals surface area (Å²) >= 11 is 5.12. The van der Waals surface area contributed by atoms with E-state index in [1.54, 1.807) is 24.3 Å². The van der Waals surface area contributed by atoms with Gasteiger partial charge in [-0.3, -0.25) is 9.59 Å². The van der Waals surface area contributed by atoms with Crippen molar-refractivity contribution in [1.82, 2.24) is 0 Å². The third-order valence-electron chi connectivity index (χ3n) is 2.13. The number of carbonyl (C=O) groups is 2. The van der Waals surface area contributed by atoms with Crippen molar-refractivity contribution in [3.8, 4) is 0 Å². The lowest BCUT2D eigenvalue weighted by Crippen LogP contribution is -2.06. The van der Waals surface area contributed by atoms with Crippen LogP contribution >= 0.6 is 11.6 Å². The van der Waals surface area contributed by atoms with E-state index in [1.807, 2.05) is 12.1 Å². The number of hydrogen-bond donors (Lipinski definition) is 0. The minimum Gasteiger partial charge on any atom is -0.284 e. The molecule has 0 spiro atoms. The Kier molecular flexibility index (Phi) is 2.52. The summed E-state index contributed by atoms with van der Waals surface area (Å²) in [6, 6.07) is 13.3. The quantitative estimate of drug-likeness (QED) is 0.440. The molecule has 0 unspecified atom stereocenters. The SMILES string of the molecule is O=C(Cl)C(=O)c1ccc2c[c]ccc2c1. The van der Waals surface area contributed by atoms with Gasteiger partial charge in [-0.1, -0.05) is 24.3 Å². The molecule has 0 aliphatic carbocycles. The predicted molar refractivity (Wildman–Crippen MR) is 58.0 cm³/mol. The molecule has 0 saturated carbocycles. The number of fused-ring (bicyclic) bond motifs is 1. The van der Waals surface area contributed by atoms with Crippen molar-refractivity contribution in [2.75, 3.05) is 0 Å². The zero-order valence-corrected chi connectivity index (χ0v) is 8.41. The maximum absolute atomic E-state index is 11.3. The highest BCUT2D eigenvalue weighted by atomic mass is 35.5. The summed E-state index contributed by atoms with van der Waals surface area (Å²) in [4.78, 5) is 22.0. The number of halogens is 1. The minimum absolute atomic E-state index is 0.314. The van der Waals surface area contributed by atoms with E-state index in [9.17, 15) is 9.59 Å². The van der Waals surface area contributed by atoms with E-state index in [2.05, 4.69) is 6.07 Å². The Morgan fingerprint density at radius 1 is 1.13 bits per heavy atom. The van der Waals surface area contributed by atoms with E-state index in [0.717, 1.165) is 10.8 Å². The maximum Gasteiger partial charge on any atom is 0.293 e. The first-order valence-corrected chi connectivity index (χ1v) is 4.70. The Morgan fingerprint density at radius 2 is 1.93 bits per heavy atom. The molecule has 1 radical (unpaired) electrons. The smallest absolute Gasteiger partial charge is 0.284 e. The Bertz CT molecular complexity index is 546. The molecule has 2 rings (SSSR count). The van der Waals surface area contributed by atoms with Gasteiger partial charge in [-0.2, -0.15) is 0 Å². The van der Waals surface area contributed by atoms with Crippen LogP contribution in [0.3, 0.4) is 0 Å². The second-order valence-corrected chi connectivity index (χ2v) is 3.43. The molecule has 2 aromatic carbocycles. The molecule has 0 bridgehead atoms. The predicted octanol–water partition coefficient (Wildman–Crippen LogP) is 2.59. The van der Waals surface area contributed by atoms with E-state index in [1.165, 1.54) is 0 Å². The first-order chi connectivity index (χ1) is 7.18. The zero-order valence-electron chi connectivity index (χ0n) is 7.66. The van der Waals surface area contributed by atoms with Crippen LogP contribution < -0.4 is 0 Å². The largest absolute Gasteiger partial charge is 0.293 e. The van der Waals surface area contributed by atoms with Crippen LogP contribution in [0.5, 0.6) is 0 Å². The summed E-state index contributed by atoms with van der Waals surface area (Å²) in [7, 11) is 0. The third kappa shape index (κ3) is 1.90. The molecule has 3 heteroatoms. The summed E-state index contributed by atoms with van der Waals surface area (Å²) in [6.07, 6.45) is 0. The second kappa shape index (κ2) is 3.83. The van der Waals surface area contributed by atoms with E-state index in [-0.39, 0.29) is 0 Å². The summed E-state index contributed by atoms with van der Waals surface area (Å²) in [5.74, 6) is -0.675. The van der Waals surface area contributed by atoms with Gasteiger partial charge in [0.1, 0.15) is 0 Å². The van der Waals surface area contributed by atoms with Gasteiger partial charge in [-0.15, -0.1) is 0 Å². The Hall–Kier alpha value is -1.67.